The number of ether oxygens (including phenoxy) is 1. The van der Waals surface area contributed by atoms with Gasteiger partial charge in [0.2, 0.25) is 0 Å². The van der Waals surface area contributed by atoms with Crippen LogP contribution in [0.4, 0.5) is 21.9 Å². The van der Waals surface area contributed by atoms with Crippen molar-refractivity contribution in [3.05, 3.63) is 77.3 Å². The summed E-state index contributed by atoms with van der Waals surface area (Å²) in [6, 6.07) is 19.9. The van der Waals surface area contributed by atoms with Crippen LogP contribution in [0.3, 0.4) is 0 Å². The summed E-state index contributed by atoms with van der Waals surface area (Å²) < 4.78 is 4.98. The van der Waals surface area contributed by atoms with E-state index in [9.17, 15) is 9.59 Å². The maximum absolute atomic E-state index is 13.2. The topological polar surface area (TPSA) is 58.6 Å². The molecule has 29 heavy (non-hydrogen) atoms. The van der Waals surface area contributed by atoms with Crippen molar-refractivity contribution in [3.8, 4) is 0 Å². The molecule has 146 valence electrons. The quantitative estimate of drug-likeness (QED) is 0.497. The highest BCUT2D eigenvalue weighted by Crippen LogP contribution is 2.48. The summed E-state index contributed by atoms with van der Waals surface area (Å²) in [6.45, 7) is 1.99. The molecule has 0 saturated carbocycles. The first-order valence-electron chi connectivity index (χ1n) is 9.02. The molecule has 7 heteroatoms. The summed E-state index contributed by atoms with van der Waals surface area (Å²) in [4.78, 5) is 28.8. The van der Waals surface area contributed by atoms with E-state index in [4.69, 9.17) is 16.3 Å². The zero-order chi connectivity index (χ0) is 20.4. The Morgan fingerprint density at radius 2 is 1.62 bits per heavy atom. The second-order valence-electron chi connectivity index (χ2n) is 6.22. The number of urea groups is 1. The lowest BCUT2D eigenvalue weighted by Gasteiger charge is -2.31. The zero-order valence-electron chi connectivity index (χ0n) is 15.5. The molecule has 0 unspecified atom stereocenters. The summed E-state index contributed by atoms with van der Waals surface area (Å²) in [6.07, 6.45) is 0. The Morgan fingerprint density at radius 3 is 2.21 bits per heavy atom. The molecular formula is C22H17ClN2O3S. The van der Waals surface area contributed by atoms with Gasteiger partial charge in [-0.1, -0.05) is 47.6 Å². The van der Waals surface area contributed by atoms with Crippen molar-refractivity contribution in [3.63, 3.8) is 0 Å². The number of benzene rings is 3. The van der Waals surface area contributed by atoms with Crippen molar-refractivity contribution in [2.75, 3.05) is 16.8 Å². The van der Waals surface area contributed by atoms with E-state index in [0.29, 0.717) is 5.69 Å². The van der Waals surface area contributed by atoms with Crippen molar-refractivity contribution >= 4 is 52.4 Å². The van der Waals surface area contributed by atoms with Gasteiger partial charge in [-0.2, -0.15) is 0 Å². The average Bonchev–Trinajstić information content (AvgIpc) is 2.72. The van der Waals surface area contributed by atoms with Gasteiger partial charge < -0.3 is 10.1 Å². The number of fused-ring (bicyclic) bond motifs is 2. The number of halogens is 1. The number of rotatable bonds is 3. The minimum Gasteiger partial charge on any atom is -0.462 e. The smallest absolute Gasteiger partial charge is 0.339 e. The first kappa shape index (κ1) is 19.4. The van der Waals surface area contributed by atoms with Gasteiger partial charge in [0.25, 0.3) is 0 Å². The van der Waals surface area contributed by atoms with Crippen LogP contribution in [-0.2, 0) is 4.74 Å². The number of esters is 1. The number of hydrogen-bond acceptors (Lipinski definition) is 4. The highest BCUT2D eigenvalue weighted by molar-refractivity contribution is 7.99. The SMILES string of the molecule is CCOC(=O)c1ccc(NC(=O)N2c3ccccc3Sc3ccccc32)cc1Cl. The Hall–Kier alpha value is -2.96. The number of anilines is 3. The molecular weight excluding hydrogens is 408 g/mol. The Kier molecular flexibility index (Phi) is 5.47. The predicted molar refractivity (Wildman–Crippen MR) is 116 cm³/mol. The first-order chi connectivity index (χ1) is 14.1. The molecule has 1 N–H and O–H groups in total. The predicted octanol–water partition coefficient (Wildman–Crippen LogP) is 6.35. The maximum atomic E-state index is 13.2. The van der Waals surface area contributed by atoms with E-state index < -0.39 is 5.97 Å². The fourth-order valence-corrected chi connectivity index (χ4v) is 4.39. The molecule has 0 saturated heterocycles. The van der Waals surface area contributed by atoms with E-state index in [-0.39, 0.29) is 23.2 Å². The molecule has 0 fully saturated rings. The lowest BCUT2D eigenvalue weighted by molar-refractivity contribution is 0.0526. The molecule has 1 aliphatic heterocycles. The van der Waals surface area contributed by atoms with Crippen molar-refractivity contribution in [2.45, 2.75) is 16.7 Å². The normalized spacial score (nSPS) is 12.0. The van der Waals surface area contributed by atoms with Crippen LogP contribution in [0.15, 0.2) is 76.5 Å². The van der Waals surface area contributed by atoms with E-state index in [2.05, 4.69) is 5.32 Å². The fourth-order valence-electron chi connectivity index (χ4n) is 3.07. The summed E-state index contributed by atoms with van der Waals surface area (Å²) >= 11 is 7.85. The Balaban J connectivity index is 1.64. The van der Waals surface area contributed by atoms with Gasteiger partial charge >= 0.3 is 12.0 Å². The summed E-state index contributed by atoms with van der Waals surface area (Å²) in [5.41, 5.74) is 2.36. The number of para-hydroxylation sites is 2. The summed E-state index contributed by atoms with van der Waals surface area (Å²) in [7, 11) is 0. The average molecular weight is 425 g/mol. The molecule has 3 aromatic rings. The molecule has 0 aliphatic carbocycles. The van der Waals surface area contributed by atoms with Gasteiger partial charge in [0, 0.05) is 15.5 Å². The van der Waals surface area contributed by atoms with Crippen LogP contribution in [-0.4, -0.2) is 18.6 Å². The number of amides is 2. The van der Waals surface area contributed by atoms with Crippen molar-refractivity contribution in [1.29, 1.82) is 0 Å². The molecule has 0 aromatic heterocycles. The van der Waals surface area contributed by atoms with E-state index in [0.717, 1.165) is 21.2 Å². The monoisotopic (exact) mass is 424 g/mol. The highest BCUT2D eigenvalue weighted by atomic mass is 35.5. The largest absolute Gasteiger partial charge is 0.462 e. The van der Waals surface area contributed by atoms with Crippen molar-refractivity contribution in [2.24, 2.45) is 0 Å². The molecule has 3 aromatic carbocycles. The van der Waals surface area contributed by atoms with Gasteiger partial charge in [-0.15, -0.1) is 0 Å². The Labute approximate surface area is 177 Å². The Morgan fingerprint density at radius 1 is 1.00 bits per heavy atom. The van der Waals surface area contributed by atoms with Crippen LogP contribution in [0.25, 0.3) is 0 Å². The maximum Gasteiger partial charge on any atom is 0.339 e. The zero-order valence-corrected chi connectivity index (χ0v) is 17.1. The number of carbonyl (C=O) groups is 2. The molecule has 4 rings (SSSR count). The van der Waals surface area contributed by atoms with Gasteiger partial charge in [-0.05, 0) is 49.4 Å². The molecule has 0 spiro atoms. The minimum atomic E-state index is -0.494. The third-order valence-corrected chi connectivity index (χ3v) is 5.79. The van der Waals surface area contributed by atoms with E-state index in [1.54, 1.807) is 41.8 Å². The lowest BCUT2D eigenvalue weighted by Crippen LogP contribution is -2.32. The highest BCUT2D eigenvalue weighted by Gasteiger charge is 2.28. The number of nitrogens with zero attached hydrogens (tertiary/aromatic N) is 1. The summed E-state index contributed by atoms with van der Waals surface area (Å²) in [5, 5.41) is 3.09. The molecule has 0 radical (unpaired) electrons. The van der Waals surface area contributed by atoms with Gasteiger partial charge in [-0.25, -0.2) is 9.59 Å². The van der Waals surface area contributed by atoms with Crippen molar-refractivity contribution in [1.82, 2.24) is 0 Å². The first-order valence-corrected chi connectivity index (χ1v) is 10.2. The molecule has 0 bridgehead atoms. The van der Waals surface area contributed by atoms with Gasteiger partial charge in [0.15, 0.2) is 0 Å². The van der Waals surface area contributed by atoms with Crippen LogP contribution in [0.1, 0.15) is 17.3 Å². The van der Waals surface area contributed by atoms with Crippen molar-refractivity contribution < 1.29 is 14.3 Å². The minimum absolute atomic E-state index is 0.219. The van der Waals surface area contributed by atoms with Crippen LogP contribution in [0, 0.1) is 0 Å². The standard InChI is InChI=1S/C22H17ClN2O3S/c1-2-28-21(26)15-12-11-14(13-16(15)23)24-22(27)25-17-7-3-5-9-19(17)29-20-10-6-4-8-18(20)25/h3-13H,2H2,1H3,(H,24,27). The second-order valence-corrected chi connectivity index (χ2v) is 7.71. The van der Waals surface area contributed by atoms with Gasteiger partial charge in [-0.3, -0.25) is 4.90 Å². The van der Waals surface area contributed by atoms with E-state index in [1.807, 2.05) is 48.5 Å². The third kappa shape index (κ3) is 3.81. The number of nitrogens with one attached hydrogen (secondary N) is 1. The molecule has 1 aliphatic rings. The third-order valence-electron chi connectivity index (χ3n) is 4.35. The summed E-state index contributed by atoms with van der Waals surface area (Å²) in [5.74, 6) is -0.494. The van der Waals surface area contributed by atoms with Crippen LogP contribution < -0.4 is 10.2 Å². The number of hydrogen-bond donors (Lipinski definition) is 1. The second kappa shape index (κ2) is 8.19. The van der Waals surface area contributed by atoms with Crippen LogP contribution >= 0.6 is 23.4 Å². The Bertz CT molecular complexity index is 1060. The van der Waals surface area contributed by atoms with E-state index in [1.165, 1.54) is 0 Å². The molecule has 0 atom stereocenters. The fraction of sp³-hybridized carbons (Fsp3) is 0.0909. The van der Waals surface area contributed by atoms with Crippen LogP contribution in [0.2, 0.25) is 5.02 Å². The molecule has 5 nitrogen and oxygen atoms in total. The molecule has 2 amide bonds. The molecule has 1 heterocycles. The lowest BCUT2D eigenvalue weighted by atomic mass is 10.2. The number of carbonyl (C=O) groups excluding carboxylic acids is 2. The van der Waals surface area contributed by atoms with Gasteiger partial charge in [0.1, 0.15) is 0 Å². The van der Waals surface area contributed by atoms with Crippen LogP contribution in [0.5, 0.6) is 0 Å². The van der Waals surface area contributed by atoms with Gasteiger partial charge in [0.05, 0.1) is 28.6 Å². The van der Waals surface area contributed by atoms with E-state index >= 15 is 0 Å².